The summed E-state index contributed by atoms with van der Waals surface area (Å²) in [5.74, 6) is -0.969. The lowest BCUT2D eigenvalue weighted by molar-refractivity contribution is -0.00453. The maximum atomic E-state index is 13.1. The van der Waals surface area contributed by atoms with Crippen molar-refractivity contribution < 1.29 is 24.5 Å². The van der Waals surface area contributed by atoms with Crippen LogP contribution in [-0.2, 0) is 11.2 Å². The third kappa shape index (κ3) is 5.19. The molecule has 1 amide bonds. The van der Waals surface area contributed by atoms with Gasteiger partial charge < -0.3 is 14.9 Å². The molecule has 1 heterocycles. The molecule has 0 bridgehead atoms. The van der Waals surface area contributed by atoms with Crippen LogP contribution in [0.3, 0.4) is 0 Å². The highest BCUT2D eigenvalue weighted by Crippen LogP contribution is 2.35. The van der Waals surface area contributed by atoms with Crippen molar-refractivity contribution in [2.75, 3.05) is 0 Å². The fourth-order valence-corrected chi connectivity index (χ4v) is 3.95. The smallest absolute Gasteiger partial charge is 0.410 e. The lowest BCUT2D eigenvalue weighted by Crippen LogP contribution is -2.47. The number of hydrogen-bond donors (Lipinski definition) is 2. The van der Waals surface area contributed by atoms with Crippen LogP contribution in [0.2, 0.25) is 0 Å². The molecule has 3 atom stereocenters. The van der Waals surface area contributed by atoms with Crippen LogP contribution in [0.5, 0.6) is 0 Å². The molecular formula is C24H29NO5. The van der Waals surface area contributed by atoms with Gasteiger partial charge in [0, 0.05) is 6.04 Å². The summed E-state index contributed by atoms with van der Waals surface area (Å²) in [6, 6.07) is 15.5. The van der Waals surface area contributed by atoms with Gasteiger partial charge in [0.2, 0.25) is 0 Å². The highest BCUT2D eigenvalue weighted by molar-refractivity contribution is 5.87. The molecule has 2 aromatic carbocycles. The van der Waals surface area contributed by atoms with Crippen molar-refractivity contribution in [1.82, 2.24) is 4.90 Å². The largest absolute Gasteiger partial charge is 0.478 e. The molecule has 6 nitrogen and oxygen atoms in total. The first-order valence-corrected chi connectivity index (χ1v) is 10.2. The molecule has 0 aliphatic carbocycles. The van der Waals surface area contributed by atoms with Crippen molar-refractivity contribution in [3.8, 4) is 0 Å². The summed E-state index contributed by atoms with van der Waals surface area (Å²) >= 11 is 0. The van der Waals surface area contributed by atoms with Crippen LogP contribution in [0.15, 0.2) is 54.6 Å². The molecule has 160 valence electrons. The van der Waals surface area contributed by atoms with Crippen LogP contribution in [0.25, 0.3) is 0 Å². The maximum absolute atomic E-state index is 13.1. The Bertz CT molecular complexity index is 873. The van der Waals surface area contributed by atoms with Crippen molar-refractivity contribution in [2.24, 2.45) is 0 Å². The Morgan fingerprint density at radius 2 is 1.70 bits per heavy atom. The Balaban J connectivity index is 1.84. The van der Waals surface area contributed by atoms with Crippen LogP contribution in [0.4, 0.5) is 4.79 Å². The fraction of sp³-hybridized carbons (Fsp3) is 0.417. The number of aliphatic hydroxyl groups is 1. The van der Waals surface area contributed by atoms with Crippen molar-refractivity contribution in [1.29, 1.82) is 0 Å². The number of carboxylic acids is 1. The number of carbonyl (C=O) groups is 2. The predicted octanol–water partition coefficient (Wildman–Crippen LogP) is 4.43. The minimum Gasteiger partial charge on any atom is -0.478 e. The van der Waals surface area contributed by atoms with E-state index in [1.807, 2.05) is 51.1 Å². The van der Waals surface area contributed by atoms with E-state index < -0.39 is 23.8 Å². The first kappa shape index (κ1) is 21.8. The van der Waals surface area contributed by atoms with Crippen molar-refractivity contribution in [2.45, 2.75) is 63.8 Å². The van der Waals surface area contributed by atoms with Crippen molar-refractivity contribution in [3.05, 3.63) is 71.3 Å². The van der Waals surface area contributed by atoms with Gasteiger partial charge in [-0.1, -0.05) is 42.5 Å². The lowest BCUT2D eigenvalue weighted by Gasteiger charge is -2.35. The number of hydrogen-bond acceptors (Lipinski definition) is 4. The Labute approximate surface area is 177 Å². The van der Waals surface area contributed by atoms with Crippen LogP contribution in [0.1, 0.15) is 61.2 Å². The number of aromatic carboxylic acids is 1. The quantitative estimate of drug-likeness (QED) is 0.760. The van der Waals surface area contributed by atoms with Gasteiger partial charge in [0.05, 0.1) is 17.7 Å². The van der Waals surface area contributed by atoms with Gasteiger partial charge >= 0.3 is 12.1 Å². The number of nitrogens with zero attached hydrogens (tertiary/aromatic N) is 1. The first-order valence-electron chi connectivity index (χ1n) is 10.2. The minimum absolute atomic E-state index is 0.140. The van der Waals surface area contributed by atoms with Gasteiger partial charge in [-0.05, 0) is 63.3 Å². The zero-order chi connectivity index (χ0) is 21.9. The second-order valence-electron chi connectivity index (χ2n) is 8.75. The van der Waals surface area contributed by atoms with E-state index in [1.54, 1.807) is 29.2 Å². The Morgan fingerprint density at radius 3 is 2.27 bits per heavy atom. The minimum atomic E-state index is -0.969. The van der Waals surface area contributed by atoms with Gasteiger partial charge in [-0.15, -0.1) is 0 Å². The summed E-state index contributed by atoms with van der Waals surface area (Å²) in [5, 5.41) is 20.1. The average molecular weight is 411 g/mol. The zero-order valence-electron chi connectivity index (χ0n) is 17.6. The Kier molecular flexibility index (Phi) is 6.46. The molecule has 0 aromatic heterocycles. The van der Waals surface area contributed by atoms with E-state index >= 15 is 0 Å². The van der Waals surface area contributed by atoms with Crippen molar-refractivity contribution >= 4 is 12.1 Å². The van der Waals surface area contributed by atoms with Crippen LogP contribution in [0, 0.1) is 0 Å². The van der Waals surface area contributed by atoms with Gasteiger partial charge in [-0.3, -0.25) is 4.90 Å². The highest BCUT2D eigenvalue weighted by atomic mass is 16.6. The number of benzene rings is 2. The molecule has 1 fully saturated rings. The molecule has 0 saturated carbocycles. The molecule has 30 heavy (non-hydrogen) atoms. The topological polar surface area (TPSA) is 87.1 Å². The zero-order valence-corrected chi connectivity index (χ0v) is 17.6. The summed E-state index contributed by atoms with van der Waals surface area (Å²) in [6.45, 7) is 5.47. The summed E-state index contributed by atoms with van der Waals surface area (Å²) in [4.78, 5) is 25.8. The number of ether oxygens (including phenoxy) is 1. The summed E-state index contributed by atoms with van der Waals surface area (Å²) in [6.07, 6.45) is 0.712. The molecule has 2 aromatic rings. The van der Waals surface area contributed by atoms with Gasteiger partial charge in [0.15, 0.2) is 0 Å². The SMILES string of the molecule is CC(C)(C)OC(=O)N1C(Cc2ccc(C(=O)O)cc2)CCC1C(O)c1ccccc1. The Hall–Kier alpha value is -2.86. The third-order valence-corrected chi connectivity index (χ3v) is 5.33. The van der Waals surface area contributed by atoms with E-state index in [4.69, 9.17) is 9.84 Å². The third-order valence-electron chi connectivity index (χ3n) is 5.33. The van der Waals surface area contributed by atoms with E-state index in [0.717, 1.165) is 17.5 Å². The molecule has 6 heteroatoms. The summed E-state index contributed by atoms with van der Waals surface area (Å²) in [5.41, 5.74) is 1.29. The molecule has 1 aliphatic rings. The second-order valence-corrected chi connectivity index (χ2v) is 8.75. The molecule has 0 radical (unpaired) electrons. The van der Waals surface area contributed by atoms with Crippen LogP contribution < -0.4 is 0 Å². The normalized spacial score (nSPS) is 20.1. The Morgan fingerprint density at radius 1 is 1.07 bits per heavy atom. The van der Waals surface area contributed by atoms with E-state index in [-0.39, 0.29) is 17.6 Å². The molecule has 2 N–H and O–H groups in total. The van der Waals surface area contributed by atoms with Crippen LogP contribution in [-0.4, -0.2) is 44.9 Å². The number of amides is 1. The van der Waals surface area contributed by atoms with Gasteiger partial charge in [0.1, 0.15) is 5.60 Å². The van der Waals surface area contributed by atoms with Crippen molar-refractivity contribution in [3.63, 3.8) is 0 Å². The van der Waals surface area contributed by atoms with E-state index in [9.17, 15) is 14.7 Å². The molecule has 3 rings (SSSR count). The van der Waals surface area contributed by atoms with E-state index in [0.29, 0.717) is 12.8 Å². The van der Waals surface area contributed by atoms with E-state index in [2.05, 4.69) is 0 Å². The number of carboxylic acid groups (broad SMARTS) is 1. The lowest BCUT2D eigenvalue weighted by atomic mass is 10.0. The molecular weight excluding hydrogens is 382 g/mol. The number of carbonyl (C=O) groups excluding carboxylic acids is 1. The number of rotatable bonds is 5. The van der Waals surface area contributed by atoms with Gasteiger partial charge in [0.25, 0.3) is 0 Å². The molecule has 1 saturated heterocycles. The van der Waals surface area contributed by atoms with Gasteiger partial charge in [-0.25, -0.2) is 9.59 Å². The molecule has 0 spiro atoms. The first-order chi connectivity index (χ1) is 14.2. The predicted molar refractivity (Wildman–Crippen MR) is 113 cm³/mol. The average Bonchev–Trinajstić information content (AvgIpc) is 3.11. The molecule has 3 unspecified atom stereocenters. The summed E-state index contributed by atoms with van der Waals surface area (Å²) < 4.78 is 5.65. The van der Waals surface area contributed by atoms with Gasteiger partial charge in [-0.2, -0.15) is 0 Å². The number of aliphatic hydroxyl groups excluding tert-OH is 1. The summed E-state index contributed by atoms with van der Waals surface area (Å²) in [7, 11) is 0. The maximum Gasteiger partial charge on any atom is 0.410 e. The second kappa shape index (κ2) is 8.88. The monoisotopic (exact) mass is 411 g/mol. The standard InChI is InChI=1S/C24H29NO5/c1-24(2,3)30-23(29)25-19(15-16-9-11-18(12-10-16)22(27)28)13-14-20(25)21(26)17-7-5-4-6-8-17/h4-12,19-21,26H,13-15H2,1-3H3,(H,27,28). The molecule has 1 aliphatic heterocycles. The number of likely N-dealkylation sites (tertiary alicyclic amines) is 1. The van der Waals surface area contributed by atoms with E-state index in [1.165, 1.54) is 0 Å². The fourth-order valence-electron chi connectivity index (χ4n) is 3.95. The highest BCUT2D eigenvalue weighted by Gasteiger charge is 2.42. The van der Waals surface area contributed by atoms with Crippen LogP contribution >= 0.6 is 0 Å².